The fourth-order valence-electron chi connectivity index (χ4n) is 3.08. The van der Waals surface area contributed by atoms with Crippen LogP contribution < -0.4 is 4.74 Å². The summed E-state index contributed by atoms with van der Waals surface area (Å²) in [6.07, 6.45) is 3.89. The van der Waals surface area contributed by atoms with Crippen LogP contribution in [0.15, 0.2) is 48.8 Å². The van der Waals surface area contributed by atoms with E-state index in [0.717, 1.165) is 24.4 Å². The molecule has 0 saturated carbocycles. The lowest BCUT2D eigenvalue weighted by Gasteiger charge is -2.39. The number of methoxy groups -OCH3 is 1. The van der Waals surface area contributed by atoms with Crippen LogP contribution >= 0.6 is 0 Å². The second-order valence-corrected chi connectivity index (χ2v) is 6.15. The van der Waals surface area contributed by atoms with Crippen molar-refractivity contribution in [1.29, 1.82) is 0 Å². The Balaban J connectivity index is 1.69. The van der Waals surface area contributed by atoms with Crippen LogP contribution in [0.4, 0.5) is 0 Å². The quantitative estimate of drug-likeness (QED) is 0.864. The van der Waals surface area contributed by atoms with Crippen molar-refractivity contribution in [2.24, 2.45) is 0 Å². The number of carbonyl (C=O) groups excluding carboxylic acids is 1. The molecule has 1 aromatic heterocycles. The number of benzene rings is 1. The van der Waals surface area contributed by atoms with Crippen LogP contribution in [0, 0.1) is 0 Å². The number of carbonyl (C=O) groups is 1. The molecule has 126 valence electrons. The topological polar surface area (TPSA) is 45.7 Å². The van der Waals surface area contributed by atoms with Gasteiger partial charge in [-0.2, -0.15) is 0 Å². The van der Waals surface area contributed by atoms with Gasteiger partial charge in [-0.1, -0.05) is 18.2 Å². The Bertz CT molecular complexity index is 673. The van der Waals surface area contributed by atoms with Gasteiger partial charge in [0.05, 0.1) is 19.6 Å². The zero-order valence-corrected chi connectivity index (χ0v) is 14.2. The van der Waals surface area contributed by atoms with Crippen LogP contribution in [0.3, 0.4) is 0 Å². The van der Waals surface area contributed by atoms with Crippen molar-refractivity contribution >= 4 is 5.91 Å². The lowest BCUT2D eigenvalue weighted by atomic mass is 10.0. The average molecular weight is 325 g/mol. The molecule has 1 amide bonds. The van der Waals surface area contributed by atoms with E-state index < -0.39 is 0 Å². The maximum atomic E-state index is 12.6. The first-order chi connectivity index (χ1) is 11.7. The summed E-state index contributed by atoms with van der Waals surface area (Å²) >= 11 is 0. The van der Waals surface area contributed by atoms with Gasteiger partial charge >= 0.3 is 0 Å². The lowest BCUT2D eigenvalue weighted by Crippen LogP contribution is -2.49. The fraction of sp³-hybridized carbons (Fsp3) is 0.368. The van der Waals surface area contributed by atoms with Crippen molar-refractivity contribution in [3.8, 4) is 5.75 Å². The zero-order chi connectivity index (χ0) is 16.9. The zero-order valence-electron chi connectivity index (χ0n) is 14.2. The third kappa shape index (κ3) is 3.74. The van der Waals surface area contributed by atoms with E-state index in [-0.39, 0.29) is 11.9 Å². The standard InChI is InChI=1S/C19H23N3O2/c1-21-10-11-22(19(23)12-15-4-3-9-20-13-15)14-18(21)16-5-7-17(24-2)8-6-16/h3-9,13,18H,10-12,14H2,1-2H3. The number of nitrogens with zero attached hydrogens (tertiary/aromatic N) is 3. The van der Waals surface area contributed by atoms with Gasteiger partial charge in [0.2, 0.25) is 5.91 Å². The van der Waals surface area contributed by atoms with Crippen LogP contribution in [0.25, 0.3) is 0 Å². The van der Waals surface area contributed by atoms with Crippen molar-refractivity contribution in [2.45, 2.75) is 12.5 Å². The molecule has 1 aliphatic heterocycles. The number of rotatable bonds is 4. The van der Waals surface area contributed by atoms with Crippen molar-refractivity contribution in [1.82, 2.24) is 14.8 Å². The molecule has 3 rings (SSSR count). The Hall–Kier alpha value is -2.40. The Morgan fingerprint density at radius 2 is 2.04 bits per heavy atom. The van der Waals surface area contributed by atoms with Crippen LogP contribution in [-0.4, -0.2) is 54.5 Å². The molecule has 1 aliphatic rings. The van der Waals surface area contributed by atoms with E-state index in [4.69, 9.17) is 4.74 Å². The predicted molar refractivity (Wildman–Crippen MR) is 92.9 cm³/mol. The Morgan fingerprint density at radius 1 is 1.25 bits per heavy atom. The van der Waals surface area contributed by atoms with Gasteiger partial charge in [-0.05, 0) is 36.4 Å². The molecule has 0 radical (unpaired) electrons. The maximum Gasteiger partial charge on any atom is 0.227 e. The first-order valence-electron chi connectivity index (χ1n) is 8.18. The van der Waals surface area contributed by atoms with Gasteiger partial charge in [0.1, 0.15) is 5.75 Å². The van der Waals surface area contributed by atoms with E-state index in [9.17, 15) is 4.79 Å². The molecule has 5 nitrogen and oxygen atoms in total. The molecule has 1 saturated heterocycles. The highest BCUT2D eigenvalue weighted by molar-refractivity contribution is 5.78. The normalized spacial score (nSPS) is 18.4. The largest absolute Gasteiger partial charge is 0.497 e. The summed E-state index contributed by atoms with van der Waals surface area (Å²) in [7, 11) is 3.78. The summed E-state index contributed by atoms with van der Waals surface area (Å²) in [6.45, 7) is 2.35. The minimum atomic E-state index is 0.162. The van der Waals surface area contributed by atoms with Crippen molar-refractivity contribution < 1.29 is 9.53 Å². The van der Waals surface area contributed by atoms with E-state index in [2.05, 4.69) is 29.1 Å². The second kappa shape index (κ2) is 7.45. The van der Waals surface area contributed by atoms with E-state index in [1.807, 2.05) is 29.2 Å². The van der Waals surface area contributed by atoms with E-state index in [1.54, 1.807) is 19.5 Å². The first-order valence-corrected chi connectivity index (χ1v) is 8.18. The molecule has 0 spiro atoms. The van der Waals surface area contributed by atoms with E-state index >= 15 is 0 Å². The summed E-state index contributed by atoms with van der Waals surface area (Å²) in [5.74, 6) is 1.01. The smallest absolute Gasteiger partial charge is 0.227 e. The number of aromatic nitrogens is 1. The summed E-state index contributed by atoms with van der Waals surface area (Å²) in [5.41, 5.74) is 2.17. The van der Waals surface area contributed by atoms with Gasteiger partial charge in [0.25, 0.3) is 0 Å². The fourth-order valence-corrected chi connectivity index (χ4v) is 3.08. The summed E-state index contributed by atoms with van der Waals surface area (Å²) in [6, 6.07) is 12.1. The molecule has 5 heteroatoms. The number of piperazine rings is 1. The number of amides is 1. The Labute approximate surface area is 142 Å². The molecule has 24 heavy (non-hydrogen) atoms. The first kappa shape index (κ1) is 16.5. The van der Waals surface area contributed by atoms with Crippen LogP contribution in [0.1, 0.15) is 17.2 Å². The maximum absolute atomic E-state index is 12.6. The van der Waals surface area contributed by atoms with Crippen molar-refractivity contribution in [3.63, 3.8) is 0 Å². The van der Waals surface area contributed by atoms with Crippen LogP contribution in [0.2, 0.25) is 0 Å². The molecular weight excluding hydrogens is 302 g/mol. The molecule has 2 heterocycles. The van der Waals surface area contributed by atoms with Gasteiger partial charge in [-0.25, -0.2) is 0 Å². The summed E-state index contributed by atoms with van der Waals surface area (Å²) in [4.78, 5) is 21.0. The van der Waals surface area contributed by atoms with Gasteiger partial charge in [0.15, 0.2) is 0 Å². The molecule has 0 N–H and O–H groups in total. The van der Waals surface area contributed by atoms with Crippen LogP contribution in [0.5, 0.6) is 5.75 Å². The molecule has 1 aromatic carbocycles. The molecule has 1 fully saturated rings. The number of hydrogen-bond acceptors (Lipinski definition) is 4. The molecule has 0 bridgehead atoms. The molecule has 2 aromatic rings. The van der Waals surface area contributed by atoms with Gasteiger partial charge in [-0.15, -0.1) is 0 Å². The van der Waals surface area contributed by atoms with Crippen molar-refractivity contribution in [2.75, 3.05) is 33.8 Å². The summed E-state index contributed by atoms with van der Waals surface area (Å²) < 4.78 is 5.23. The minimum Gasteiger partial charge on any atom is -0.497 e. The molecular formula is C19H23N3O2. The predicted octanol–water partition coefficient (Wildman–Crippen LogP) is 2.15. The highest BCUT2D eigenvalue weighted by Gasteiger charge is 2.28. The molecule has 1 atom stereocenters. The third-order valence-corrected chi connectivity index (χ3v) is 4.58. The number of ether oxygens (including phenoxy) is 1. The van der Waals surface area contributed by atoms with Crippen molar-refractivity contribution in [3.05, 3.63) is 59.9 Å². The SMILES string of the molecule is COc1ccc(C2CN(C(=O)Cc3cccnc3)CCN2C)cc1. The molecule has 0 aliphatic carbocycles. The second-order valence-electron chi connectivity index (χ2n) is 6.15. The number of pyridine rings is 1. The van der Waals surface area contributed by atoms with Crippen LogP contribution in [-0.2, 0) is 11.2 Å². The third-order valence-electron chi connectivity index (χ3n) is 4.58. The van der Waals surface area contributed by atoms with Gasteiger partial charge in [0, 0.05) is 32.0 Å². The van der Waals surface area contributed by atoms with Gasteiger partial charge in [-0.3, -0.25) is 14.7 Å². The number of likely N-dealkylation sites (N-methyl/N-ethyl adjacent to an activating group) is 1. The average Bonchev–Trinajstić information content (AvgIpc) is 2.63. The summed E-state index contributed by atoms with van der Waals surface area (Å²) in [5, 5.41) is 0. The van der Waals surface area contributed by atoms with E-state index in [1.165, 1.54) is 5.56 Å². The van der Waals surface area contributed by atoms with E-state index in [0.29, 0.717) is 13.0 Å². The monoisotopic (exact) mass is 325 g/mol. The number of hydrogen-bond donors (Lipinski definition) is 0. The van der Waals surface area contributed by atoms with Gasteiger partial charge < -0.3 is 9.64 Å². The Kier molecular flexibility index (Phi) is 5.11. The minimum absolute atomic E-state index is 0.162. The highest BCUT2D eigenvalue weighted by Crippen LogP contribution is 2.26. The lowest BCUT2D eigenvalue weighted by molar-refractivity contribution is -0.133. The Morgan fingerprint density at radius 3 is 2.71 bits per heavy atom. The molecule has 1 unspecified atom stereocenters. The highest BCUT2D eigenvalue weighted by atomic mass is 16.5.